The van der Waals surface area contributed by atoms with E-state index in [2.05, 4.69) is 57.8 Å². The summed E-state index contributed by atoms with van der Waals surface area (Å²) in [5, 5.41) is 15.1. The summed E-state index contributed by atoms with van der Waals surface area (Å²) < 4.78 is 4.43. The van der Waals surface area contributed by atoms with Crippen LogP contribution in [-0.2, 0) is 6.54 Å². The van der Waals surface area contributed by atoms with Crippen LogP contribution in [0.2, 0.25) is 0 Å². The minimum absolute atomic E-state index is 0.719. The molecule has 4 nitrogen and oxygen atoms in total. The number of aromatic nitrogens is 2. The molecule has 0 bridgehead atoms. The van der Waals surface area contributed by atoms with Gasteiger partial charge in [-0.05, 0) is 48.2 Å². The van der Waals surface area contributed by atoms with E-state index in [1.54, 1.807) is 6.20 Å². The smallest absolute Gasteiger partial charge is 0.123 e. The van der Waals surface area contributed by atoms with E-state index >= 15 is 0 Å². The molecule has 0 spiro atoms. The first-order chi connectivity index (χ1) is 9.90. The Hall–Kier alpha value is -0.210. The van der Waals surface area contributed by atoms with Gasteiger partial charge < -0.3 is 10.0 Å². The summed E-state index contributed by atoms with van der Waals surface area (Å²) in [4.78, 5) is 2.08. The Morgan fingerprint density at radius 3 is 2.62 bits per heavy atom. The second-order valence-electron chi connectivity index (χ2n) is 4.97. The zero-order valence-electron chi connectivity index (χ0n) is 11.7. The molecule has 7 heteroatoms. The molecule has 1 unspecified atom stereocenters. The molecule has 0 aliphatic heterocycles. The van der Waals surface area contributed by atoms with Crippen molar-refractivity contribution in [1.29, 1.82) is 0 Å². The van der Waals surface area contributed by atoms with Crippen LogP contribution in [0.25, 0.3) is 0 Å². The summed E-state index contributed by atoms with van der Waals surface area (Å²) in [6.07, 6.45) is 0.969. The van der Waals surface area contributed by atoms with Gasteiger partial charge in [-0.15, -0.1) is 0 Å². The predicted octanol–water partition coefficient (Wildman–Crippen LogP) is 3.81. The van der Waals surface area contributed by atoms with E-state index in [4.69, 9.17) is 0 Å². The van der Waals surface area contributed by atoms with Crippen molar-refractivity contribution in [1.82, 2.24) is 14.7 Å². The molecule has 0 amide bonds. The second-order valence-corrected chi connectivity index (χ2v) is 7.60. The minimum atomic E-state index is -0.754. The lowest BCUT2D eigenvalue weighted by molar-refractivity contribution is 0.204. The average molecular weight is 482 g/mol. The summed E-state index contributed by atoms with van der Waals surface area (Å²) in [7, 11) is 4.03. The largest absolute Gasteiger partial charge is 0.382 e. The van der Waals surface area contributed by atoms with Crippen LogP contribution in [0.5, 0.6) is 0 Å². The monoisotopic (exact) mass is 479 g/mol. The first-order valence-electron chi connectivity index (χ1n) is 6.39. The number of aliphatic hydroxyl groups excluding tert-OH is 1. The molecule has 1 atom stereocenters. The molecular weight excluding hydrogens is 466 g/mol. The topological polar surface area (TPSA) is 41.3 Å². The molecule has 1 aromatic carbocycles. The van der Waals surface area contributed by atoms with Gasteiger partial charge in [0.15, 0.2) is 0 Å². The standard InChI is InChI=1S/C14H16Br3N3O/c1-19(2)5-6-20-13(12(17)8-18-20)14(21)10-7-9(15)3-4-11(10)16/h3-4,7-8,14,21H,5-6H2,1-2H3. The van der Waals surface area contributed by atoms with Crippen molar-refractivity contribution in [2.24, 2.45) is 0 Å². The van der Waals surface area contributed by atoms with E-state index in [9.17, 15) is 5.11 Å². The van der Waals surface area contributed by atoms with Crippen LogP contribution in [0.1, 0.15) is 17.4 Å². The van der Waals surface area contributed by atoms with Gasteiger partial charge in [-0.2, -0.15) is 5.10 Å². The van der Waals surface area contributed by atoms with Crippen LogP contribution in [-0.4, -0.2) is 40.4 Å². The Balaban J connectivity index is 2.36. The summed E-state index contributed by atoms with van der Waals surface area (Å²) in [5.41, 5.74) is 1.56. The van der Waals surface area contributed by atoms with Crippen LogP contribution in [0.4, 0.5) is 0 Å². The molecule has 0 aliphatic rings. The van der Waals surface area contributed by atoms with Crippen LogP contribution < -0.4 is 0 Å². The molecule has 0 radical (unpaired) electrons. The van der Waals surface area contributed by atoms with Crippen molar-refractivity contribution in [2.45, 2.75) is 12.6 Å². The van der Waals surface area contributed by atoms with Crippen LogP contribution in [0, 0.1) is 0 Å². The maximum absolute atomic E-state index is 10.8. The van der Waals surface area contributed by atoms with Crippen LogP contribution in [0.3, 0.4) is 0 Å². The zero-order chi connectivity index (χ0) is 15.6. The lowest BCUT2D eigenvalue weighted by atomic mass is 10.1. The molecule has 1 heterocycles. The number of hydrogen-bond acceptors (Lipinski definition) is 3. The Kier molecular flexibility index (Phi) is 6.02. The minimum Gasteiger partial charge on any atom is -0.382 e. The van der Waals surface area contributed by atoms with Gasteiger partial charge in [0, 0.05) is 21.1 Å². The average Bonchev–Trinajstić information content (AvgIpc) is 2.79. The van der Waals surface area contributed by atoms with Crippen molar-refractivity contribution in [3.63, 3.8) is 0 Å². The summed E-state index contributed by atoms with van der Waals surface area (Å²) >= 11 is 10.4. The molecule has 114 valence electrons. The molecule has 21 heavy (non-hydrogen) atoms. The van der Waals surface area contributed by atoms with Gasteiger partial charge in [0.1, 0.15) is 6.10 Å². The molecule has 0 aliphatic carbocycles. The zero-order valence-corrected chi connectivity index (χ0v) is 16.5. The molecule has 1 N–H and O–H groups in total. The molecule has 0 fully saturated rings. The number of hydrogen-bond donors (Lipinski definition) is 1. The van der Waals surface area contributed by atoms with Crippen LogP contribution >= 0.6 is 47.8 Å². The maximum atomic E-state index is 10.8. The van der Waals surface area contributed by atoms with E-state index in [-0.39, 0.29) is 0 Å². The van der Waals surface area contributed by atoms with Crippen LogP contribution in [0.15, 0.2) is 37.8 Å². The number of halogens is 3. The van der Waals surface area contributed by atoms with Crippen molar-refractivity contribution in [2.75, 3.05) is 20.6 Å². The third-order valence-electron chi connectivity index (χ3n) is 3.10. The van der Waals surface area contributed by atoms with E-state index in [0.717, 1.165) is 37.8 Å². The van der Waals surface area contributed by atoms with E-state index in [0.29, 0.717) is 0 Å². The highest BCUT2D eigenvalue weighted by atomic mass is 79.9. The van der Waals surface area contributed by atoms with E-state index in [1.165, 1.54) is 0 Å². The Morgan fingerprint density at radius 1 is 1.24 bits per heavy atom. The van der Waals surface area contributed by atoms with Gasteiger partial charge in [0.25, 0.3) is 0 Å². The Morgan fingerprint density at radius 2 is 1.95 bits per heavy atom. The number of benzene rings is 1. The fraction of sp³-hybridized carbons (Fsp3) is 0.357. The first-order valence-corrected chi connectivity index (χ1v) is 8.77. The SMILES string of the molecule is CN(C)CCn1ncc(Br)c1C(O)c1cc(Br)ccc1Br. The van der Waals surface area contributed by atoms with Crippen molar-refractivity contribution in [3.8, 4) is 0 Å². The summed E-state index contributed by atoms with van der Waals surface area (Å²) in [6, 6.07) is 5.75. The van der Waals surface area contributed by atoms with Gasteiger partial charge in [-0.25, -0.2) is 0 Å². The van der Waals surface area contributed by atoms with Gasteiger partial charge in [-0.3, -0.25) is 4.68 Å². The second kappa shape index (κ2) is 7.37. The Bertz CT molecular complexity index is 628. The number of nitrogens with zero attached hydrogens (tertiary/aromatic N) is 3. The van der Waals surface area contributed by atoms with E-state index < -0.39 is 6.10 Å². The van der Waals surface area contributed by atoms with Crippen molar-refractivity contribution < 1.29 is 5.11 Å². The molecule has 2 aromatic rings. The maximum Gasteiger partial charge on any atom is 0.123 e. The number of aliphatic hydroxyl groups is 1. The highest BCUT2D eigenvalue weighted by Crippen LogP contribution is 2.34. The van der Waals surface area contributed by atoms with Crippen molar-refractivity contribution in [3.05, 3.63) is 49.1 Å². The van der Waals surface area contributed by atoms with Gasteiger partial charge >= 0.3 is 0 Å². The summed E-state index contributed by atoms with van der Waals surface area (Å²) in [5.74, 6) is 0. The van der Waals surface area contributed by atoms with Gasteiger partial charge in [0.05, 0.1) is 22.9 Å². The van der Waals surface area contributed by atoms with Gasteiger partial charge in [-0.1, -0.05) is 31.9 Å². The first kappa shape index (κ1) is 17.1. The third kappa shape index (κ3) is 4.16. The fourth-order valence-electron chi connectivity index (χ4n) is 1.99. The highest BCUT2D eigenvalue weighted by molar-refractivity contribution is 9.11. The lowest BCUT2D eigenvalue weighted by Crippen LogP contribution is -2.21. The van der Waals surface area contributed by atoms with Crippen molar-refractivity contribution >= 4 is 47.8 Å². The van der Waals surface area contributed by atoms with E-state index in [1.807, 2.05) is 37.0 Å². The molecule has 0 saturated carbocycles. The van der Waals surface area contributed by atoms with Gasteiger partial charge in [0.2, 0.25) is 0 Å². The highest BCUT2D eigenvalue weighted by Gasteiger charge is 2.21. The predicted molar refractivity (Wildman–Crippen MR) is 94.4 cm³/mol. The molecule has 1 aromatic heterocycles. The lowest BCUT2D eigenvalue weighted by Gasteiger charge is -2.17. The Labute approximate surface area is 149 Å². The number of rotatable bonds is 5. The summed E-state index contributed by atoms with van der Waals surface area (Å²) in [6.45, 7) is 1.57. The molecule has 2 rings (SSSR count). The molecule has 0 saturated heterocycles. The number of likely N-dealkylation sites (N-methyl/N-ethyl adjacent to an activating group) is 1. The molecular formula is C14H16Br3N3O. The fourth-order valence-corrected chi connectivity index (χ4v) is 3.34. The third-order valence-corrected chi connectivity index (χ3v) is 4.93. The normalized spacial score (nSPS) is 12.9. The quantitative estimate of drug-likeness (QED) is 0.706.